The Morgan fingerprint density at radius 3 is 2.75 bits per heavy atom. The normalized spacial score (nSPS) is 39.6. The summed E-state index contributed by atoms with van der Waals surface area (Å²) in [5.74, 6) is -0.231. The number of carbonyl (C=O) groups is 1. The van der Waals surface area contributed by atoms with Crippen molar-refractivity contribution in [3.05, 3.63) is 23.8 Å². The van der Waals surface area contributed by atoms with Gasteiger partial charge in [-0.2, -0.15) is 0 Å². The molecule has 0 aromatic rings. The van der Waals surface area contributed by atoms with Gasteiger partial charge in [-0.05, 0) is 70.3 Å². The van der Waals surface area contributed by atoms with Gasteiger partial charge in [0.1, 0.15) is 6.10 Å². The molecule has 0 spiro atoms. The second kappa shape index (κ2) is 7.83. The molecule has 1 fully saturated rings. The highest BCUT2D eigenvalue weighted by Crippen LogP contribution is 2.37. The van der Waals surface area contributed by atoms with Crippen molar-refractivity contribution in [2.24, 2.45) is 11.8 Å². The summed E-state index contributed by atoms with van der Waals surface area (Å²) in [6.45, 7) is 9.75. The lowest BCUT2D eigenvalue weighted by molar-refractivity contribution is -0.184. The van der Waals surface area contributed by atoms with Crippen molar-refractivity contribution in [2.45, 2.75) is 83.5 Å². The zero-order valence-corrected chi connectivity index (χ0v) is 15.3. The zero-order chi connectivity index (χ0) is 17.9. The van der Waals surface area contributed by atoms with E-state index in [-0.39, 0.29) is 17.8 Å². The molecule has 24 heavy (non-hydrogen) atoms. The maximum Gasteiger partial charge on any atom is 0.309 e. The van der Waals surface area contributed by atoms with Crippen LogP contribution in [0.2, 0.25) is 0 Å². The first kappa shape index (κ1) is 19.2. The lowest BCUT2D eigenvalue weighted by Gasteiger charge is -2.40. The van der Waals surface area contributed by atoms with E-state index in [0.717, 1.165) is 24.8 Å². The molecule has 1 saturated heterocycles. The van der Waals surface area contributed by atoms with Crippen molar-refractivity contribution in [2.75, 3.05) is 0 Å². The quantitative estimate of drug-likeness (QED) is 0.525. The molecule has 2 aliphatic rings. The van der Waals surface area contributed by atoms with E-state index in [1.807, 2.05) is 6.92 Å². The van der Waals surface area contributed by atoms with Crippen LogP contribution in [-0.2, 0) is 9.53 Å². The molecule has 136 valence electrons. The Kier molecular flexibility index (Phi) is 6.27. The largest absolute Gasteiger partial charge is 0.459 e. The molecule has 0 radical (unpaired) electrons. The van der Waals surface area contributed by atoms with E-state index >= 15 is 0 Å². The number of hydrogen-bond acceptors (Lipinski definition) is 4. The Morgan fingerprint density at radius 2 is 2.04 bits per heavy atom. The number of aliphatic hydroxyl groups excluding tert-OH is 1. The molecule has 5 unspecified atom stereocenters. The van der Waals surface area contributed by atoms with Gasteiger partial charge in [0.25, 0.3) is 0 Å². The third-order valence-corrected chi connectivity index (χ3v) is 5.81. The molecule has 2 N–H and O–H groups in total. The first-order valence-electron chi connectivity index (χ1n) is 9.15. The number of carbonyl (C=O) groups excluding carboxylic acids is 1. The highest BCUT2D eigenvalue weighted by molar-refractivity contribution is 5.73. The molecule has 0 saturated carbocycles. The molecule has 4 nitrogen and oxygen atoms in total. The predicted molar refractivity (Wildman–Crippen MR) is 94.4 cm³/mol. The molecular formula is C20H32O4. The van der Waals surface area contributed by atoms with E-state index < -0.39 is 17.8 Å². The van der Waals surface area contributed by atoms with Crippen LogP contribution in [0.3, 0.4) is 0 Å². The van der Waals surface area contributed by atoms with Crippen molar-refractivity contribution in [3.8, 4) is 0 Å². The zero-order valence-electron chi connectivity index (χ0n) is 15.3. The fourth-order valence-corrected chi connectivity index (χ4v) is 3.70. The predicted octanol–water partition coefficient (Wildman–Crippen LogP) is 3.52. The van der Waals surface area contributed by atoms with E-state index in [2.05, 4.69) is 19.6 Å². The monoisotopic (exact) mass is 336 g/mol. The van der Waals surface area contributed by atoms with Crippen LogP contribution in [0.4, 0.5) is 0 Å². The number of ether oxygens (including phenoxy) is 1. The molecule has 2 rings (SSSR count). The lowest BCUT2D eigenvalue weighted by atomic mass is 9.77. The third kappa shape index (κ3) is 4.70. The van der Waals surface area contributed by atoms with Crippen LogP contribution in [-0.4, -0.2) is 34.0 Å². The van der Waals surface area contributed by atoms with Crippen LogP contribution >= 0.6 is 0 Å². The maximum absolute atomic E-state index is 12.2. The van der Waals surface area contributed by atoms with Gasteiger partial charge in [-0.3, -0.25) is 4.79 Å². The maximum atomic E-state index is 12.2. The first-order chi connectivity index (χ1) is 11.2. The number of allylic oxidation sites excluding steroid dienone is 2. The fourth-order valence-electron chi connectivity index (χ4n) is 3.70. The minimum Gasteiger partial charge on any atom is -0.459 e. The van der Waals surface area contributed by atoms with Crippen molar-refractivity contribution < 1.29 is 19.7 Å². The summed E-state index contributed by atoms with van der Waals surface area (Å²) < 4.78 is 5.54. The summed E-state index contributed by atoms with van der Waals surface area (Å²) in [6.07, 6.45) is 6.18. The van der Waals surface area contributed by atoms with E-state index in [4.69, 9.17) is 4.74 Å². The van der Waals surface area contributed by atoms with E-state index in [0.29, 0.717) is 25.7 Å². The van der Waals surface area contributed by atoms with Gasteiger partial charge in [0.05, 0.1) is 17.6 Å². The van der Waals surface area contributed by atoms with Gasteiger partial charge in [0.2, 0.25) is 0 Å². The smallest absolute Gasteiger partial charge is 0.309 e. The number of aliphatic hydroxyl groups is 2. The first-order valence-corrected chi connectivity index (χ1v) is 9.15. The number of fused-ring (bicyclic) bond motifs is 2. The highest BCUT2D eigenvalue weighted by atomic mass is 16.6. The summed E-state index contributed by atoms with van der Waals surface area (Å²) in [6, 6.07) is 0. The van der Waals surface area contributed by atoms with Gasteiger partial charge in [0, 0.05) is 0 Å². The molecule has 1 aliphatic carbocycles. The molecule has 5 atom stereocenters. The average molecular weight is 336 g/mol. The summed E-state index contributed by atoms with van der Waals surface area (Å²) in [5, 5.41) is 21.1. The summed E-state index contributed by atoms with van der Waals surface area (Å²) >= 11 is 0. The van der Waals surface area contributed by atoms with Gasteiger partial charge in [-0.15, -0.1) is 0 Å². The molecule has 2 bridgehead atoms. The van der Waals surface area contributed by atoms with Crippen LogP contribution in [0.1, 0.15) is 65.7 Å². The van der Waals surface area contributed by atoms with Crippen LogP contribution in [0, 0.1) is 11.8 Å². The van der Waals surface area contributed by atoms with Crippen LogP contribution in [0.15, 0.2) is 23.8 Å². The van der Waals surface area contributed by atoms with Crippen molar-refractivity contribution >= 4 is 5.97 Å². The molecule has 0 amide bonds. The Morgan fingerprint density at radius 1 is 1.33 bits per heavy atom. The van der Waals surface area contributed by atoms with Gasteiger partial charge in [0.15, 0.2) is 0 Å². The minimum absolute atomic E-state index is 0.159. The second-order valence-corrected chi connectivity index (χ2v) is 7.91. The molecule has 1 heterocycles. The number of rotatable bonds is 0. The second-order valence-electron chi connectivity index (χ2n) is 7.91. The van der Waals surface area contributed by atoms with E-state index in [1.54, 1.807) is 6.92 Å². The van der Waals surface area contributed by atoms with Crippen LogP contribution in [0.5, 0.6) is 0 Å². The fraction of sp³-hybridized carbons (Fsp3) is 0.750. The van der Waals surface area contributed by atoms with Crippen LogP contribution < -0.4 is 0 Å². The number of esters is 1. The average Bonchev–Trinajstić information content (AvgIpc) is 2.52. The SMILES string of the molecule is C=C1CCC2CC(OC(=O)C2C)C(C)(O)CCC=C(C)CCC1O. The van der Waals surface area contributed by atoms with Gasteiger partial charge in [-0.1, -0.05) is 25.2 Å². The Balaban J connectivity index is 2.20. The Labute approximate surface area is 145 Å². The minimum atomic E-state index is -1.01. The van der Waals surface area contributed by atoms with Gasteiger partial charge < -0.3 is 14.9 Å². The topological polar surface area (TPSA) is 66.8 Å². The van der Waals surface area contributed by atoms with E-state index in [9.17, 15) is 15.0 Å². The summed E-state index contributed by atoms with van der Waals surface area (Å²) in [5.41, 5.74) is 1.04. The lowest BCUT2D eigenvalue weighted by Crippen LogP contribution is -2.49. The van der Waals surface area contributed by atoms with Gasteiger partial charge in [-0.25, -0.2) is 0 Å². The Hall–Kier alpha value is -1.13. The molecule has 1 aliphatic heterocycles. The molecule has 0 aromatic heterocycles. The van der Waals surface area contributed by atoms with Crippen molar-refractivity contribution in [3.63, 3.8) is 0 Å². The van der Waals surface area contributed by atoms with Gasteiger partial charge >= 0.3 is 5.97 Å². The Bertz CT molecular complexity index is 506. The third-order valence-electron chi connectivity index (χ3n) is 5.81. The summed E-state index contributed by atoms with van der Waals surface area (Å²) in [7, 11) is 0. The molecule has 4 heteroatoms. The van der Waals surface area contributed by atoms with E-state index in [1.165, 1.54) is 5.57 Å². The van der Waals surface area contributed by atoms with Crippen molar-refractivity contribution in [1.29, 1.82) is 0 Å². The summed E-state index contributed by atoms with van der Waals surface area (Å²) in [4.78, 5) is 12.2. The van der Waals surface area contributed by atoms with Crippen molar-refractivity contribution in [1.82, 2.24) is 0 Å². The number of hydrogen-bond donors (Lipinski definition) is 2. The molecular weight excluding hydrogens is 304 g/mol. The van der Waals surface area contributed by atoms with Crippen LogP contribution in [0.25, 0.3) is 0 Å². The standard InChI is InChI=1S/C20H32O4/c1-13-6-5-11-20(4,23)18-12-16(15(3)19(22)24-18)9-8-14(2)17(21)10-7-13/h6,15-18,21,23H,2,5,7-12H2,1,3-4H3. The molecule has 0 aromatic carbocycles. The highest BCUT2D eigenvalue weighted by Gasteiger charge is 2.43.